The van der Waals surface area contributed by atoms with Crippen LogP contribution in [0.1, 0.15) is 17.5 Å². The Morgan fingerprint density at radius 1 is 1.45 bits per heavy atom. The molecule has 0 bridgehead atoms. The maximum Gasteiger partial charge on any atom is 0.243 e. The summed E-state index contributed by atoms with van der Waals surface area (Å²) in [4.78, 5) is 0.294. The Morgan fingerprint density at radius 3 is 2.85 bits per heavy atom. The number of ether oxygens (including phenoxy) is 1. The summed E-state index contributed by atoms with van der Waals surface area (Å²) in [5, 5.41) is 9.17. The molecule has 1 aromatic carbocycles. The molecule has 1 saturated heterocycles. The van der Waals surface area contributed by atoms with E-state index in [0.717, 1.165) is 6.42 Å². The Hall–Kier alpha value is -0.950. The average molecular weight is 299 g/mol. The largest absolute Gasteiger partial charge is 0.392 e. The lowest BCUT2D eigenvalue weighted by atomic mass is 10.1. The minimum absolute atomic E-state index is 0.158. The number of nitrogens with zero attached hydrogens (tertiary/aromatic N) is 1. The fourth-order valence-corrected chi connectivity index (χ4v) is 4.35. The van der Waals surface area contributed by atoms with Gasteiger partial charge in [-0.15, -0.1) is 0 Å². The summed E-state index contributed by atoms with van der Waals surface area (Å²) in [6.07, 6.45) is 0.825. The van der Waals surface area contributed by atoms with Crippen molar-refractivity contribution in [3.63, 3.8) is 0 Å². The molecule has 0 amide bonds. The van der Waals surface area contributed by atoms with Gasteiger partial charge >= 0.3 is 0 Å². The highest BCUT2D eigenvalue weighted by molar-refractivity contribution is 7.89. The third kappa shape index (κ3) is 3.03. The molecule has 0 radical (unpaired) electrons. The minimum atomic E-state index is -3.49. The lowest BCUT2D eigenvalue weighted by Gasteiger charge is -2.18. The summed E-state index contributed by atoms with van der Waals surface area (Å²) in [5.41, 5.74) is 1.32. The van der Waals surface area contributed by atoms with Gasteiger partial charge in [0, 0.05) is 20.2 Å². The number of hydrogen-bond donors (Lipinski definition) is 1. The molecule has 1 unspecified atom stereocenters. The van der Waals surface area contributed by atoms with Crippen LogP contribution in [0.15, 0.2) is 23.1 Å². The molecule has 1 heterocycles. The Kier molecular flexibility index (Phi) is 4.80. The molecule has 0 aromatic heterocycles. The van der Waals surface area contributed by atoms with Gasteiger partial charge in [-0.25, -0.2) is 8.42 Å². The number of aryl methyl sites for hydroxylation is 1. The zero-order valence-electron chi connectivity index (χ0n) is 11.9. The van der Waals surface area contributed by atoms with E-state index < -0.39 is 10.0 Å². The molecule has 1 fully saturated rings. The first-order valence-electron chi connectivity index (χ1n) is 6.68. The van der Waals surface area contributed by atoms with E-state index in [2.05, 4.69) is 0 Å². The molecule has 2 rings (SSSR count). The third-order valence-corrected chi connectivity index (χ3v) is 5.71. The van der Waals surface area contributed by atoms with Gasteiger partial charge in [-0.2, -0.15) is 4.31 Å². The van der Waals surface area contributed by atoms with E-state index in [0.29, 0.717) is 35.7 Å². The van der Waals surface area contributed by atoms with Crippen molar-refractivity contribution in [2.24, 2.45) is 5.92 Å². The first-order valence-corrected chi connectivity index (χ1v) is 8.12. The monoisotopic (exact) mass is 299 g/mol. The molecule has 6 heteroatoms. The van der Waals surface area contributed by atoms with Gasteiger partial charge in [0.1, 0.15) is 0 Å². The average Bonchev–Trinajstić information content (AvgIpc) is 2.89. The van der Waals surface area contributed by atoms with Crippen molar-refractivity contribution < 1.29 is 18.3 Å². The second-order valence-electron chi connectivity index (χ2n) is 5.23. The summed E-state index contributed by atoms with van der Waals surface area (Å²) in [7, 11) is -1.86. The van der Waals surface area contributed by atoms with Crippen LogP contribution in [0, 0.1) is 12.8 Å². The molecular formula is C14H21NO4S. The predicted molar refractivity (Wildman–Crippen MR) is 75.8 cm³/mol. The summed E-state index contributed by atoms with van der Waals surface area (Å²) >= 11 is 0. The first kappa shape index (κ1) is 15.4. The molecule has 0 aliphatic carbocycles. The van der Waals surface area contributed by atoms with Crippen LogP contribution in [0.2, 0.25) is 0 Å². The summed E-state index contributed by atoms with van der Waals surface area (Å²) < 4.78 is 32.0. The van der Waals surface area contributed by atoms with Crippen molar-refractivity contribution in [3.05, 3.63) is 29.3 Å². The zero-order chi connectivity index (χ0) is 14.8. The highest BCUT2D eigenvalue weighted by atomic mass is 32.2. The Bertz CT molecular complexity index is 571. The molecule has 5 nitrogen and oxygen atoms in total. The molecular weight excluding hydrogens is 278 g/mol. The van der Waals surface area contributed by atoms with Gasteiger partial charge in [0.25, 0.3) is 0 Å². The van der Waals surface area contributed by atoms with E-state index in [4.69, 9.17) is 4.74 Å². The van der Waals surface area contributed by atoms with E-state index in [1.54, 1.807) is 32.2 Å². The van der Waals surface area contributed by atoms with E-state index >= 15 is 0 Å². The first-order chi connectivity index (χ1) is 9.48. The molecule has 1 aromatic rings. The Balaban J connectivity index is 2.27. The van der Waals surface area contributed by atoms with Crippen LogP contribution in [0.3, 0.4) is 0 Å². The van der Waals surface area contributed by atoms with Gasteiger partial charge in [0.15, 0.2) is 0 Å². The van der Waals surface area contributed by atoms with Crippen molar-refractivity contribution in [1.82, 2.24) is 4.31 Å². The number of aliphatic hydroxyl groups is 1. The van der Waals surface area contributed by atoms with Gasteiger partial charge < -0.3 is 9.84 Å². The van der Waals surface area contributed by atoms with Gasteiger partial charge in [0.05, 0.1) is 18.1 Å². The number of benzene rings is 1. The number of rotatable bonds is 5. The summed E-state index contributed by atoms with van der Waals surface area (Å²) in [6.45, 7) is 3.23. The lowest BCUT2D eigenvalue weighted by molar-refractivity contribution is 0.157. The maximum absolute atomic E-state index is 12.7. The van der Waals surface area contributed by atoms with E-state index in [9.17, 15) is 13.5 Å². The van der Waals surface area contributed by atoms with Gasteiger partial charge in [-0.05, 0) is 36.5 Å². The third-order valence-electron chi connectivity index (χ3n) is 3.70. The second-order valence-corrected chi connectivity index (χ2v) is 7.14. The normalized spacial score (nSPS) is 20.4. The van der Waals surface area contributed by atoms with E-state index in [-0.39, 0.29) is 12.5 Å². The lowest BCUT2D eigenvalue weighted by Crippen LogP contribution is -2.30. The fraction of sp³-hybridized carbons (Fsp3) is 0.571. The molecule has 1 aliphatic rings. The van der Waals surface area contributed by atoms with Crippen LogP contribution in [0.4, 0.5) is 0 Å². The van der Waals surface area contributed by atoms with Crippen molar-refractivity contribution in [3.8, 4) is 0 Å². The SMILES string of the molecule is COCC1CCN(S(=O)(=O)c2cc(CO)ccc2C)C1. The Morgan fingerprint density at radius 2 is 2.20 bits per heavy atom. The number of methoxy groups -OCH3 is 1. The van der Waals surface area contributed by atoms with E-state index in [1.807, 2.05) is 0 Å². The quantitative estimate of drug-likeness (QED) is 0.885. The predicted octanol–water partition coefficient (Wildman–Crippen LogP) is 1.14. The van der Waals surface area contributed by atoms with Crippen molar-refractivity contribution in [1.29, 1.82) is 0 Å². The van der Waals surface area contributed by atoms with Gasteiger partial charge in [-0.1, -0.05) is 12.1 Å². The smallest absolute Gasteiger partial charge is 0.243 e. The minimum Gasteiger partial charge on any atom is -0.392 e. The summed E-state index contributed by atoms with van der Waals surface area (Å²) in [6, 6.07) is 5.04. The van der Waals surface area contributed by atoms with Crippen LogP contribution in [-0.2, 0) is 21.4 Å². The number of sulfonamides is 1. The Labute approximate surface area is 120 Å². The van der Waals surface area contributed by atoms with Gasteiger partial charge in [0.2, 0.25) is 10.0 Å². The van der Waals surface area contributed by atoms with Crippen molar-refractivity contribution in [2.45, 2.75) is 24.8 Å². The zero-order valence-corrected chi connectivity index (χ0v) is 12.7. The topological polar surface area (TPSA) is 66.8 Å². The number of hydrogen-bond acceptors (Lipinski definition) is 4. The van der Waals surface area contributed by atoms with Crippen LogP contribution >= 0.6 is 0 Å². The highest BCUT2D eigenvalue weighted by Gasteiger charge is 2.33. The van der Waals surface area contributed by atoms with Crippen LogP contribution < -0.4 is 0 Å². The van der Waals surface area contributed by atoms with E-state index in [1.165, 1.54) is 4.31 Å². The molecule has 112 valence electrons. The fourth-order valence-electron chi connectivity index (χ4n) is 2.55. The molecule has 1 atom stereocenters. The van der Waals surface area contributed by atoms with Crippen molar-refractivity contribution in [2.75, 3.05) is 26.8 Å². The van der Waals surface area contributed by atoms with Gasteiger partial charge in [-0.3, -0.25) is 0 Å². The highest BCUT2D eigenvalue weighted by Crippen LogP contribution is 2.27. The van der Waals surface area contributed by atoms with Crippen molar-refractivity contribution >= 4 is 10.0 Å². The second kappa shape index (κ2) is 6.22. The molecule has 1 N–H and O–H groups in total. The molecule has 20 heavy (non-hydrogen) atoms. The van der Waals surface area contributed by atoms with Crippen LogP contribution in [0.5, 0.6) is 0 Å². The molecule has 1 aliphatic heterocycles. The molecule has 0 saturated carbocycles. The number of aliphatic hydroxyl groups excluding tert-OH is 1. The van der Waals surface area contributed by atoms with Crippen LogP contribution in [0.25, 0.3) is 0 Å². The van der Waals surface area contributed by atoms with Crippen LogP contribution in [-0.4, -0.2) is 44.6 Å². The summed E-state index contributed by atoms with van der Waals surface area (Å²) in [5.74, 6) is 0.260. The maximum atomic E-state index is 12.7. The molecule has 0 spiro atoms. The standard InChI is InChI=1S/C14H21NO4S/c1-11-3-4-12(9-16)7-14(11)20(17,18)15-6-5-13(8-15)10-19-2/h3-4,7,13,16H,5-6,8-10H2,1-2H3.